The number of hydrogen-bond donors (Lipinski definition) is 0. The van der Waals surface area contributed by atoms with Gasteiger partial charge in [0.15, 0.2) is 0 Å². The summed E-state index contributed by atoms with van der Waals surface area (Å²) in [6, 6.07) is 4.26. The molecule has 0 N–H and O–H groups in total. The lowest BCUT2D eigenvalue weighted by Crippen LogP contribution is -2.35. The van der Waals surface area contributed by atoms with E-state index < -0.39 is 0 Å². The fourth-order valence-electron chi connectivity index (χ4n) is 2.41. The van der Waals surface area contributed by atoms with Gasteiger partial charge in [0, 0.05) is 26.1 Å². The van der Waals surface area contributed by atoms with Gasteiger partial charge in [-0.05, 0) is 36.6 Å². The molecule has 0 saturated carbocycles. The number of hydrogen-bond acceptors (Lipinski definition) is 3. The minimum atomic E-state index is -0.326. The van der Waals surface area contributed by atoms with Crippen LogP contribution in [0.2, 0.25) is 0 Å². The maximum atomic E-state index is 12.1. The van der Waals surface area contributed by atoms with Crippen LogP contribution in [0.4, 0.5) is 4.39 Å². The van der Waals surface area contributed by atoms with Gasteiger partial charge in [-0.2, -0.15) is 0 Å². The Balaban J connectivity index is 2.01. The molecule has 1 fully saturated rings. The zero-order valence-electron chi connectivity index (χ0n) is 12.5. The van der Waals surface area contributed by atoms with Crippen molar-refractivity contribution in [3.63, 3.8) is 0 Å². The highest BCUT2D eigenvalue weighted by Gasteiger charge is 2.13. The summed E-state index contributed by atoms with van der Waals surface area (Å²) in [5.41, 5.74) is 3.69. The first-order chi connectivity index (χ1) is 9.70. The molecule has 112 valence electrons. The van der Waals surface area contributed by atoms with E-state index in [1.807, 2.05) is 6.92 Å². The molecular weight excluding hydrogens is 257 g/mol. The van der Waals surface area contributed by atoms with Gasteiger partial charge >= 0.3 is 0 Å². The number of benzene rings is 1. The lowest BCUT2D eigenvalue weighted by Gasteiger charge is -2.27. The number of nitrogens with zero attached hydrogens (tertiary/aromatic N) is 1. The van der Waals surface area contributed by atoms with E-state index in [1.54, 1.807) is 0 Å². The molecule has 0 atom stereocenters. The van der Waals surface area contributed by atoms with E-state index in [9.17, 15) is 4.39 Å². The maximum absolute atomic E-state index is 12.1. The largest absolute Gasteiger partial charge is 0.493 e. The van der Waals surface area contributed by atoms with Crippen LogP contribution in [0.1, 0.15) is 23.1 Å². The van der Waals surface area contributed by atoms with Gasteiger partial charge in [-0.15, -0.1) is 0 Å². The van der Waals surface area contributed by atoms with Gasteiger partial charge in [0.2, 0.25) is 0 Å². The molecule has 1 saturated heterocycles. The number of ether oxygens (including phenoxy) is 2. The number of morpholine rings is 1. The molecule has 0 unspecified atom stereocenters. The average molecular weight is 281 g/mol. The molecule has 2 rings (SSSR count). The Morgan fingerprint density at radius 3 is 2.65 bits per heavy atom. The van der Waals surface area contributed by atoms with Gasteiger partial charge in [-0.25, -0.2) is 0 Å². The predicted molar refractivity (Wildman–Crippen MR) is 78.1 cm³/mol. The van der Waals surface area contributed by atoms with Crippen LogP contribution in [0.5, 0.6) is 5.75 Å². The van der Waals surface area contributed by atoms with E-state index in [0.717, 1.165) is 44.2 Å². The first kappa shape index (κ1) is 15.3. The van der Waals surface area contributed by atoms with Crippen molar-refractivity contribution >= 4 is 0 Å². The van der Waals surface area contributed by atoms with Crippen LogP contribution >= 0.6 is 0 Å². The molecule has 0 amide bonds. The third-order valence-electron chi connectivity index (χ3n) is 3.67. The molecule has 3 nitrogen and oxygen atoms in total. The standard InChI is InChI=1S/C16H24FNO2/c1-13-11-16(20-7-3-4-17)14(2)10-15(13)12-18-5-8-19-9-6-18/h10-11H,3-9,12H2,1-2H3. The van der Waals surface area contributed by atoms with Crippen molar-refractivity contribution in [3.8, 4) is 5.75 Å². The van der Waals surface area contributed by atoms with E-state index in [0.29, 0.717) is 13.0 Å². The first-order valence-corrected chi connectivity index (χ1v) is 7.29. The second-order valence-corrected chi connectivity index (χ2v) is 5.32. The van der Waals surface area contributed by atoms with E-state index in [4.69, 9.17) is 9.47 Å². The maximum Gasteiger partial charge on any atom is 0.122 e. The molecule has 1 heterocycles. The van der Waals surface area contributed by atoms with Crippen molar-refractivity contribution in [3.05, 3.63) is 28.8 Å². The molecule has 0 radical (unpaired) electrons. The predicted octanol–water partition coefficient (Wildman–Crippen LogP) is 2.87. The normalized spacial score (nSPS) is 16.4. The smallest absolute Gasteiger partial charge is 0.122 e. The average Bonchev–Trinajstić information content (AvgIpc) is 2.45. The van der Waals surface area contributed by atoms with Gasteiger partial charge in [0.25, 0.3) is 0 Å². The first-order valence-electron chi connectivity index (χ1n) is 7.29. The zero-order chi connectivity index (χ0) is 14.4. The Bertz CT molecular complexity index is 431. The topological polar surface area (TPSA) is 21.7 Å². The fraction of sp³-hybridized carbons (Fsp3) is 0.625. The number of rotatable bonds is 6. The zero-order valence-corrected chi connectivity index (χ0v) is 12.5. The summed E-state index contributed by atoms with van der Waals surface area (Å²) in [5, 5.41) is 0. The lowest BCUT2D eigenvalue weighted by atomic mass is 10.0. The Kier molecular flexibility index (Phi) is 5.80. The summed E-state index contributed by atoms with van der Waals surface area (Å²) in [6.45, 7) is 8.86. The van der Waals surface area contributed by atoms with Crippen molar-refractivity contribution in [2.75, 3.05) is 39.6 Å². The molecule has 20 heavy (non-hydrogen) atoms. The van der Waals surface area contributed by atoms with E-state index >= 15 is 0 Å². The lowest BCUT2D eigenvalue weighted by molar-refractivity contribution is 0.0341. The highest BCUT2D eigenvalue weighted by Crippen LogP contribution is 2.24. The van der Waals surface area contributed by atoms with Gasteiger partial charge < -0.3 is 9.47 Å². The quantitative estimate of drug-likeness (QED) is 0.748. The van der Waals surface area contributed by atoms with Crippen molar-refractivity contribution in [1.29, 1.82) is 0 Å². The van der Waals surface area contributed by atoms with Crippen LogP contribution in [0, 0.1) is 13.8 Å². The Morgan fingerprint density at radius 2 is 1.95 bits per heavy atom. The SMILES string of the molecule is Cc1cc(OCCCF)c(C)cc1CN1CCOCC1. The summed E-state index contributed by atoms with van der Waals surface area (Å²) in [6.07, 6.45) is 0.452. The van der Waals surface area contributed by atoms with E-state index in [1.165, 1.54) is 11.1 Å². The van der Waals surface area contributed by atoms with Crippen LogP contribution in [-0.2, 0) is 11.3 Å². The number of aryl methyl sites for hydroxylation is 2. The highest BCUT2D eigenvalue weighted by molar-refractivity contribution is 5.41. The van der Waals surface area contributed by atoms with Gasteiger partial charge in [0.1, 0.15) is 5.75 Å². The van der Waals surface area contributed by atoms with Crippen molar-refractivity contribution in [2.45, 2.75) is 26.8 Å². The van der Waals surface area contributed by atoms with Gasteiger partial charge in [0.05, 0.1) is 26.5 Å². The Hall–Kier alpha value is -1.13. The van der Waals surface area contributed by atoms with Crippen molar-refractivity contribution in [2.24, 2.45) is 0 Å². The van der Waals surface area contributed by atoms with Gasteiger partial charge in [-0.3, -0.25) is 9.29 Å². The van der Waals surface area contributed by atoms with Gasteiger partial charge in [-0.1, -0.05) is 6.07 Å². The third kappa shape index (κ3) is 4.18. The second-order valence-electron chi connectivity index (χ2n) is 5.32. The van der Waals surface area contributed by atoms with Crippen LogP contribution < -0.4 is 4.74 Å². The molecule has 1 aliphatic heterocycles. The molecule has 0 aromatic heterocycles. The second kappa shape index (κ2) is 7.60. The van der Waals surface area contributed by atoms with E-state index in [-0.39, 0.29) is 6.67 Å². The van der Waals surface area contributed by atoms with Crippen LogP contribution in [-0.4, -0.2) is 44.5 Å². The van der Waals surface area contributed by atoms with Crippen molar-refractivity contribution in [1.82, 2.24) is 4.90 Å². The van der Waals surface area contributed by atoms with Crippen LogP contribution in [0.25, 0.3) is 0 Å². The molecule has 4 heteroatoms. The fourth-order valence-corrected chi connectivity index (χ4v) is 2.41. The molecular formula is C16H24FNO2. The summed E-state index contributed by atoms with van der Waals surface area (Å²) in [5.74, 6) is 0.877. The molecule has 1 aromatic carbocycles. The minimum Gasteiger partial charge on any atom is -0.493 e. The van der Waals surface area contributed by atoms with Crippen LogP contribution in [0.15, 0.2) is 12.1 Å². The molecule has 1 aliphatic rings. The summed E-state index contributed by atoms with van der Waals surface area (Å²) in [7, 11) is 0. The number of alkyl halides is 1. The summed E-state index contributed by atoms with van der Waals surface area (Å²) in [4.78, 5) is 2.41. The molecule has 0 bridgehead atoms. The Morgan fingerprint density at radius 1 is 1.20 bits per heavy atom. The minimum absolute atomic E-state index is 0.326. The number of halogens is 1. The molecule has 0 aliphatic carbocycles. The van der Waals surface area contributed by atoms with Crippen molar-refractivity contribution < 1.29 is 13.9 Å². The monoisotopic (exact) mass is 281 g/mol. The summed E-state index contributed by atoms with van der Waals surface area (Å²) < 4.78 is 23.1. The van der Waals surface area contributed by atoms with E-state index in [2.05, 4.69) is 24.0 Å². The molecule has 1 aromatic rings. The highest BCUT2D eigenvalue weighted by atomic mass is 19.1. The third-order valence-corrected chi connectivity index (χ3v) is 3.67. The summed E-state index contributed by atoms with van der Waals surface area (Å²) >= 11 is 0. The van der Waals surface area contributed by atoms with Crippen LogP contribution in [0.3, 0.4) is 0 Å². The molecule has 0 spiro atoms. The Labute approximate surface area is 120 Å².